The van der Waals surface area contributed by atoms with Crippen LogP contribution in [0.25, 0.3) is 22.5 Å². The fourth-order valence-corrected chi connectivity index (χ4v) is 3.82. The molecule has 0 aliphatic rings. The molecule has 11 heteroatoms. The Labute approximate surface area is 146 Å². The van der Waals surface area contributed by atoms with E-state index in [2.05, 4.69) is 25.6 Å². The summed E-state index contributed by atoms with van der Waals surface area (Å²) < 4.78 is 65.0. The molecule has 0 fully saturated rings. The molecular formula is C15H12F3N5O2S. The van der Waals surface area contributed by atoms with Crippen LogP contribution in [0.15, 0.2) is 35.5 Å². The zero-order valence-electron chi connectivity index (χ0n) is 13.5. The van der Waals surface area contributed by atoms with Gasteiger partial charge in [-0.3, -0.25) is 4.98 Å². The normalized spacial score (nSPS) is 12.3. The third-order valence-corrected chi connectivity index (χ3v) is 4.91. The highest BCUT2D eigenvalue weighted by Crippen LogP contribution is 2.43. The summed E-state index contributed by atoms with van der Waals surface area (Å²) in [5, 5.41) is 12.7. The molecule has 2 heterocycles. The van der Waals surface area contributed by atoms with Crippen LogP contribution in [-0.4, -0.2) is 40.3 Å². The van der Waals surface area contributed by atoms with Crippen molar-refractivity contribution in [2.24, 2.45) is 0 Å². The van der Waals surface area contributed by atoms with Gasteiger partial charge in [0.1, 0.15) is 0 Å². The number of tetrazole rings is 1. The maximum absolute atomic E-state index is 13.5. The van der Waals surface area contributed by atoms with Crippen molar-refractivity contribution in [1.82, 2.24) is 25.6 Å². The quantitative estimate of drug-likeness (QED) is 0.746. The number of aromatic nitrogens is 5. The van der Waals surface area contributed by atoms with E-state index >= 15 is 0 Å². The van der Waals surface area contributed by atoms with Gasteiger partial charge in [0.15, 0.2) is 15.7 Å². The molecule has 2 aromatic heterocycles. The lowest BCUT2D eigenvalue weighted by molar-refractivity contribution is -0.139. The minimum absolute atomic E-state index is 0.185. The summed E-state index contributed by atoms with van der Waals surface area (Å²) in [5.41, 5.74) is -0.131. The van der Waals surface area contributed by atoms with Crippen molar-refractivity contribution in [3.05, 3.63) is 41.7 Å². The van der Waals surface area contributed by atoms with Gasteiger partial charge in [-0.25, -0.2) is 13.5 Å². The Morgan fingerprint density at radius 3 is 2.38 bits per heavy atom. The standard InChI is InChI=1S/C15H12F3N5O2S/c1-8-5-6-19-7-10(8)9-3-4-11(15(16,17)18)13(26(2,24)25)12(9)14-20-22-23-21-14/h3-7H,1-2H3,(H,20,21,22,23). The monoisotopic (exact) mass is 383 g/mol. The Kier molecular flexibility index (Phi) is 4.26. The second-order valence-corrected chi connectivity index (χ2v) is 7.53. The van der Waals surface area contributed by atoms with Crippen molar-refractivity contribution in [2.75, 3.05) is 6.26 Å². The topological polar surface area (TPSA) is 101 Å². The number of sulfone groups is 1. The number of nitrogens with zero attached hydrogens (tertiary/aromatic N) is 4. The van der Waals surface area contributed by atoms with E-state index in [-0.39, 0.29) is 17.0 Å². The van der Waals surface area contributed by atoms with Crippen LogP contribution in [0.4, 0.5) is 13.2 Å². The average Bonchev–Trinajstić information content (AvgIpc) is 3.06. The lowest BCUT2D eigenvalue weighted by Gasteiger charge is -2.18. The molecule has 7 nitrogen and oxygen atoms in total. The fraction of sp³-hybridized carbons (Fsp3) is 0.200. The number of H-pyrrole nitrogens is 1. The third kappa shape index (κ3) is 3.17. The average molecular weight is 383 g/mol. The van der Waals surface area contributed by atoms with E-state index in [0.717, 1.165) is 6.07 Å². The van der Waals surface area contributed by atoms with Crippen molar-refractivity contribution < 1.29 is 21.6 Å². The van der Waals surface area contributed by atoms with E-state index in [0.29, 0.717) is 17.4 Å². The van der Waals surface area contributed by atoms with Crippen LogP contribution in [0.5, 0.6) is 0 Å². The first-order chi connectivity index (χ1) is 12.1. The molecule has 0 aliphatic heterocycles. The maximum atomic E-state index is 13.5. The minimum Gasteiger partial charge on any atom is -0.264 e. The number of halogens is 3. The summed E-state index contributed by atoms with van der Waals surface area (Å²) in [5.74, 6) is -0.185. The maximum Gasteiger partial charge on any atom is 0.417 e. The highest BCUT2D eigenvalue weighted by atomic mass is 32.2. The van der Waals surface area contributed by atoms with Gasteiger partial charge in [-0.15, -0.1) is 5.10 Å². The van der Waals surface area contributed by atoms with E-state index in [4.69, 9.17) is 0 Å². The van der Waals surface area contributed by atoms with Crippen LogP contribution < -0.4 is 0 Å². The second kappa shape index (κ2) is 6.16. The number of hydrogen-bond acceptors (Lipinski definition) is 6. The Morgan fingerprint density at radius 1 is 1.12 bits per heavy atom. The molecule has 0 unspecified atom stereocenters. The van der Waals surface area contributed by atoms with Gasteiger partial charge >= 0.3 is 6.18 Å². The van der Waals surface area contributed by atoms with E-state index in [9.17, 15) is 21.6 Å². The number of rotatable bonds is 3. The summed E-state index contributed by atoms with van der Waals surface area (Å²) in [6, 6.07) is 3.60. The van der Waals surface area contributed by atoms with Gasteiger partial charge in [0.2, 0.25) is 0 Å². The first-order valence-electron chi connectivity index (χ1n) is 7.20. The van der Waals surface area contributed by atoms with Gasteiger partial charge in [-0.1, -0.05) is 6.07 Å². The minimum atomic E-state index is -4.87. The fourth-order valence-electron chi connectivity index (χ4n) is 2.66. The lowest BCUT2D eigenvalue weighted by atomic mass is 9.95. The largest absolute Gasteiger partial charge is 0.417 e. The molecule has 3 aromatic rings. The van der Waals surface area contributed by atoms with Crippen LogP contribution in [0.3, 0.4) is 0 Å². The SMILES string of the molecule is Cc1ccncc1-c1ccc(C(F)(F)F)c(S(C)(=O)=O)c1-c1nnn[nH]1. The molecule has 1 aromatic carbocycles. The van der Waals surface area contributed by atoms with Gasteiger partial charge in [0.05, 0.1) is 10.5 Å². The third-order valence-electron chi connectivity index (χ3n) is 3.75. The van der Waals surface area contributed by atoms with E-state index in [1.807, 2.05) is 0 Å². The molecule has 0 spiro atoms. The van der Waals surface area contributed by atoms with Gasteiger partial charge < -0.3 is 0 Å². The summed E-state index contributed by atoms with van der Waals surface area (Å²) in [6.07, 6.45) is -1.19. The molecular weight excluding hydrogens is 371 g/mol. The number of pyridine rings is 1. The van der Waals surface area contributed by atoms with Crippen LogP contribution >= 0.6 is 0 Å². The van der Waals surface area contributed by atoms with E-state index in [1.165, 1.54) is 18.5 Å². The number of benzene rings is 1. The molecule has 0 bridgehead atoms. The molecule has 0 aliphatic carbocycles. The number of aryl methyl sites for hydroxylation is 1. The summed E-state index contributed by atoms with van der Waals surface area (Å²) in [6.45, 7) is 1.73. The van der Waals surface area contributed by atoms with Crippen molar-refractivity contribution in [3.63, 3.8) is 0 Å². The Bertz CT molecular complexity index is 1060. The number of nitrogens with one attached hydrogen (secondary N) is 1. The van der Waals surface area contributed by atoms with E-state index < -0.39 is 26.5 Å². The molecule has 1 N–H and O–H groups in total. The zero-order chi connectivity index (χ0) is 19.1. The highest BCUT2D eigenvalue weighted by Gasteiger charge is 2.39. The van der Waals surface area contributed by atoms with Crippen LogP contribution in [0.2, 0.25) is 0 Å². The first kappa shape index (κ1) is 18.0. The van der Waals surface area contributed by atoms with Gasteiger partial charge in [0.25, 0.3) is 0 Å². The highest BCUT2D eigenvalue weighted by molar-refractivity contribution is 7.91. The van der Waals surface area contributed by atoms with Crippen molar-refractivity contribution >= 4 is 9.84 Å². The Hall–Kier alpha value is -2.82. The predicted molar refractivity (Wildman–Crippen MR) is 85.7 cm³/mol. The summed E-state index contributed by atoms with van der Waals surface area (Å²) >= 11 is 0. The molecule has 0 atom stereocenters. The predicted octanol–water partition coefficient (Wildman–Crippen LogP) is 2.66. The molecule has 136 valence electrons. The van der Waals surface area contributed by atoms with E-state index in [1.54, 1.807) is 13.0 Å². The molecule has 0 amide bonds. The smallest absolute Gasteiger partial charge is 0.264 e. The number of alkyl halides is 3. The van der Waals surface area contributed by atoms with Crippen LogP contribution in [-0.2, 0) is 16.0 Å². The molecule has 26 heavy (non-hydrogen) atoms. The van der Waals surface area contributed by atoms with Gasteiger partial charge in [0, 0.05) is 29.8 Å². The molecule has 0 saturated heterocycles. The van der Waals surface area contributed by atoms with Crippen LogP contribution in [0.1, 0.15) is 11.1 Å². The van der Waals surface area contributed by atoms with Crippen molar-refractivity contribution in [2.45, 2.75) is 18.0 Å². The lowest BCUT2D eigenvalue weighted by Crippen LogP contribution is -2.15. The second-order valence-electron chi connectivity index (χ2n) is 5.58. The summed E-state index contributed by atoms with van der Waals surface area (Å²) in [4.78, 5) is 3.09. The molecule has 3 rings (SSSR count). The Morgan fingerprint density at radius 2 is 1.85 bits per heavy atom. The number of hydrogen-bond donors (Lipinski definition) is 1. The van der Waals surface area contributed by atoms with Gasteiger partial charge in [-0.2, -0.15) is 13.2 Å². The zero-order valence-corrected chi connectivity index (χ0v) is 14.4. The summed E-state index contributed by atoms with van der Waals surface area (Å²) in [7, 11) is -4.27. The molecule has 0 radical (unpaired) electrons. The van der Waals surface area contributed by atoms with Crippen LogP contribution in [0, 0.1) is 6.92 Å². The first-order valence-corrected chi connectivity index (χ1v) is 9.09. The number of aromatic amines is 1. The molecule has 0 saturated carbocycles. The Balaban J connectivity index is 2.51. The van der Waals surface area contributed by atoms with Crippen molar-refractivity contribution in [1.29, 1.82) is 0 Å². The van der Waals surface area contributed by atoms with Crippen molar-refractivity contribution in [3.8, 4) is 22.5 Å². The van der Waals surface area contributed by atoms with Gasteiger partial charge in [-0.05, 0) is 40.6 Å².